The number of hydrogen-bond donors (Lipinski definition) is 3. The molecule has 2 aromatic carbocycles. The number of aliphatic imine (C=N–C) groups is 1. The molecule has 0 unspecified atom stereocenters. The number of amides is 1. The fourth-order valence-corrected chi connectivity index (χ4v) is 4.34. The van der Waals surface area contributed by atoms with Crippen molar-refractivity contribution in [2.75, 3.05) is 44.8 Å². The molecular weight excluding hydrogens is 573 g/mol. The molecule has 2 heterocycles. The molecule has 0 aliphatic carbocycles. The third-order valence-electron chi connectivity index (χ3n) is 6.64. The predicted molar refractivity (Wildman–Crippen MR) is 166 cm³/mol. The van der Waals surface area contributed by atoms with Crippen LogP contribution < -0.4 is 21.5 Å². The third-order valence-corrected chi connectivity index (χ3v) is 6.64. The average molecular weight is 607 g/mol. The second-order valence-corrected chi connectivity index (χ2v) is 9.67. The van der Waals surface area contributed by atoms with Gasteiger partial charge in [-0.25, -0.2) is 4.99 Å². The minimum Gasteiger partial charge on any atom is -0.492 e. The number of morpholine rings is 1. The molecule has 0 bridgehead atoms. The number of nitrogens with zero attached hydrogens (tertiary/aromatic N) is 3. The Bertz CT molecular complexity index is 1590. The zero-order valence-corrected chi connectivity index (χ0v) is 23.9. The SMILES string of the molecule is C=C/C(=C\C=C(/N)N=C(C=C(N)c1cccnc1)C(F)(F)F)C(=O)Nc1ccc(OCCN2CCOCC2)c2ccccc12. The highest BCUT2D eigenvalue weighted by Crippen LogP contribution is 2.32. The average Bonchev–Trinajstić information content (AvgIpc) is 3.02. The number of allylic oxidation sites excluding steroid dienone is 3. The summed E-state index contributed by atoms with van der Waals surface area (Å²) in [6, 6.07) is 14.0. The maximum atomic E-state index is 13.7. The second-order valence-electron chi connectivity index (χ2n) is 9.67. The van der Waals surface area contributed by atoms with Crippen LogP contribution in [0.1, 0.15) is 5.56 Å². The Morgan fingerprint density at radius 1 is 1.09 bits per heavy atom. The number of halogens is 3. The summed E-state index contributed by atoms with van der Waals surface area (Å²) in [4.78, 5) is 22.7. The minimum atomic E-state index is -4.84. The van der Waals surface area contributed by atoms with E-state index in [9.17, 15) is 18.0 Å². The van der Waals surface area contributed by atoms with Crippen molar-refractivity contribution < 1.29 is 27.4 Å². The molecule has 9 nitrogen and oxygen atoms in total. The van der Waals surface area contributed by atoms with Crippen molar-refractivity contribution in [3.05, 3.63) is 109 Å². The summed E-state index contributed by atoms with van der Waals surface area (Å²) >= 11 is 0. The number of rotatable bonds is 11. The Morgan fingerprint density at radius 3 is 2.52 bits per heavy atom. The number of nitrogens with one attached hydrogen (secondary N) is 1. The van der Waals surface area contributed by atoms with Crippen LogP contribution in [-0.4, -0.2) is 67.1 Å². The molecule has 1 fully saturated rings. The number of benzene rings is 2. The summed E-state index contributed by atoms with van der Waals surface area (Å²) < 4.78 is 52.4. The highest BCUT2D eigenvalue weighted by molar-refractivity contribution is 6.11. The van der Waals surface area contributed by atoms with Gasteiger partial charge in [0.1, 0.15) is 23.9 Å². The Labute approximate surface area is 253 Å². The van der Waals surface area contributed by atoms with E-state index in [2.05, 4.69) is 26.8 Å². The van der Waals surface area contributed by atoms with Crippen molar-refractivity contribution in [2.24, 2.45) is 16.5 Å². The van der Waals surface area contributed by atoms with Crippen LogP contribution in [0.5, 0.6) is 5.75 Å². The van der Waals surface area contributed by atoms with Crippen LogP contribution in [-0.2, 0) is 9.53 Å². The number of hydrogen-bond acceptors (Lipinski definition) is 8. The Balaban J connectivity index is 1.50. The largest absolute Gasteiger partial charge is 0.492 e. The van der Waals surface area contributed by atoms with Gasteiger partial charge < -0.3 is 26.3 Å². The molecule has 5 N–H and O–H groups in total. The van der Waals surface area contributed by atoms with Gasteiger partial charge in [-0.3, -0.25) is 14.7 Å². The lowest BCUT2D eigenvalue weighted by Gasteiger charge is -2.26. The van der Waals surface area contributed by atoms with Gasteiger partial charge >= 0.3 is 6.18 Å². The molecule has 1 saturated heterocycles. The van der Waals surface area contributed by atoms with E-state index in [0.29, 0.717) is 37.3 Å². The van der Waals surface area contributed by atoms with Gasteiger partial charge in [-0.2, -0.15) is 13.2 Å². The summed E-state index contributed by atoms with van der Waals surface area (Å²) in [6.07, 6.45) is 2.20. The van der Waals surface area contributed by atoms with Gasteiger partial charge in [0.2, 0.25) is 0 Å². The fraction of sp³-hybridized carbons (Fsp3) is 0.219. The smallest absolute Gasteiger partial charge is 0.433 e. The minimum absolute atomic E-state index is 0.0528. The van der Waals surface area contributed by atoms with E-state index in [1.165, 1.54) is 30.6 Å². The molecule has 1 aromatic heterocycles. The number of anilines is 1. The van der Waals surface area contributed by atoms with Crippen LogP contribution >= 0.6 is 0 Å². The van der Waals surface area contributed by atoms with Gasteiger partial charge in [0.05, 0.1) is 13.2 Å². The number of aromatic nitrogens is 1. The molecule has 0 spiro atoms. The molecule has 230 valence electrons. The van der Waals surface area contributed by atoms with E-state index in [4.69, 9.17) is 20.9 Å². The molecule has 3 aromatic rings. The lowest BCUT2D eigenvalue weighted by molar-refractivity contribution is -0.112. The van der Waals surface area contributed by atoms with Gasteiger partial charge in [0.15, 0.2) is 0 Å². The zero-order valence-electron chi connectivity index (χ0n) is 23.9. The topological polar surface area (TPSA) is 128 Å². The predicted octanol–water partition coefficient (Wildman–Crippen LogP) is 4.80. The number of carbonyl (C=O) groups is 1. The quantitative estimate of drug-likeness (QED) is 0.163. The third kappa shape index (κ3) is 8.79. The van der Waals surface area contributed by atoms with E-state index in [0.717, 1.165) is 36.5 Å². The Morgan fingerprint density at radius 2 is 1.84 bits per heavy atom. The first-order valence-corrected chi connectivity index (χ1v) is 13.7. The van der Waals surface area contributed by atoms with E-state index in [1.807, 2.05) is 24.3 Å². The molecule has 44 heavy (non-hydrogen) atoms. The normalized spacial score (nSPS) is 15.7. The van der Waals surface area contributed by atoms with E-state index in [1.54, 1.807) is 18.2 Å². The number of carbonyl (C=O) groups excluding carboxylic acids is 1. The van der Waals surface area contributed by atoms with Gasteiger partial charge in [0.25, 0.3) is 5.91 Å². The standard InChI is InChI=1S/C32H33F3N6O3/c1-2-22(9-12-30(37)40-29(32(33,34)35)20-26(36)23-6-5-13-38-21-23)31(42)39-27-10-11-28(25-8-4-3-7-24(25)27)44-19-16-41-14-17-43-18-15-41/h2-13,20-21H,1,14-19,36-37H2,(H,39,42)/b22-9+,26-20?,30-12+,40-29?. The van der Waals surface area contributed by atoms with Gasteiger partial charge in [0, 0.05) is 65.3 Å². The van der Waals surface area contributed by atoms with Crippen molar-refractivity contribution in [3.8, 4) is 5.75 Å². The van der Waals surface area contributed by atoms with Crippen molar-refractivity contribution in [3.63, 3.8) is 0 Å². The lowest BCUT2D eigenvalue weighted by Crippen LogP contribution is -2.38. The first kappa shape index (κ1) is 32.0. The summed E-state index contributed by atoms with van der Waals surface area (Å²) in [5, 5.41) is 4.39. The second kappa shape index (κ2) is 15.0. The highest BCUT2D eigenvalue weighted by Gasteiger charge is 2.34. The highest BCUT2D eigenvalue weighted by atomic mass is 19.4. The molecule has 4 rings (SSSR count). The molecule has 1 amide bonds. The van der Waals surface area contributed by atoms with Crippen LogP contribution in [0, 0.1) is 0 Å². The monoisotopic (exact) mass is 606 g/mol. The molecule has 12 heteroatoms. The summed E-state index contributed by atoms with van der Waals surface area (Å²) in [5.74, 6) is -0.363. The van der Waals surface area contributed by atoms with Crippen molar-refractivity contribution in [2.45, 2.75) is 6.18 Å². The first-order chi connectivity index (χ1) is 21.2. The van der Waals surface area contributed by atoms with Crippen LogP contribution in [0.15, 0.2) is 108 Å². The van der Waals surface area contributed by atoms with Crippen molar-refractivity contribution in [1.29, 1.82) is 0 Å². The van der Waals surface area contributed by atoms with E-state index < -0.39 is 23.6 Å². The molecular formula is C32H33F3N6O3. The molecule has 0 radical (unpaired) electrons. The van der Waals surface area contributed by atoms with E-state index >= 15 is 0 Å². The Hall–Kier alpha value is -4.94. The first-order valence-electron chi connectivity index (χ1n) is 13.7. The number of nitrogens with two attached hydrogens (primary N) is 2. The maximum absolute atomic E-state index is 13.7. The van der Waals surface area contributed by atoms with Crippen LogP contribution in [0.25, 0.3) is 16.5 Å². The van der Waals surface area contributed by atoms with Crippen molar-refractivity contribution >= 4 is 33.8 Å². The van der Waals surface area contributed by atoms with Gasteiger partial charge in [-0.1, -0.05) is 36.9 Å². The fourth-order valence-electron chi connectivity index (χ4n) is 4.34. The van der Waals surface area contributed by atoms with Gasteiger partial charge in [-0.05, 0) is 42.5 Å². The zero-order chi connectivity index (χ0) is 31.5. The molecule has 0 saturated carbocycles. The van der Waals surface area contributed by atoms with Crippen LogP contribution in [0.3, 0.4) is 0 Å². The molecule has 1 aliphatic heterocycles. The van der Waals surface area contributed by atoms with Crippen molar-refractivity contribution in [1.82, 2.24) is 9.88 Å². The van der Waals surface area contributed by atoms with E-state index in [-0.39, 0.29) is 16.8 Å². The molecule has 1 aliphatic rings. The van der Waals surface area contributed by atoms with Crippen LogP contribution in [0.2, 0.25) is 0 Å². The van der Waals surface area contributed by atoms with Gasteiger partial charge in [-0.15, -0.1) is 0 Å². The molecule has 0 atom stereocenters. The number of alkyl halides is 3. The van der Waals surface area contributed by atoms with Crippen LogP contribution in [0.4, 0.5) is 18.9 Å². The number of fused-ring (bicyclic) bond motifs is 1. The summed E-state index contributed by atoms with van der Waals surface area (Å²) in [5.41, 5.74) is 10.9. The summed E-state index contributed by atoms with van der Waals surface area (Å²) in [6.45, 7) is 8.06. The summed E-state index contributed by atoms with van der Waals surface area (Å²) in [7, 11) is 0. The number of pyridine rings is 1. The Kier molecular flexibility index (Phi) is 10.9. The maximum Gasteiger partial charge on any atom is 0.433 e. The lowest BCUT2D eigenvalue weighted by atomic mass is 10.1. The number of ether oxygens (including phenoxy) is 2.